The van der Waals surface area contributed by atoms with E-state index in [1.54, 1.807) is 6.26 Å². The minimum atomic E-state index is -0.0899. The summed E-state index contributed by atoms with van der Waals surface area (Å²) in [6, 6.07) is 4.23. The van der Waals surface area contributed by atoms with Gasteiger partial charge in [-0.1, -0.05) is 19.3 Å². The van der Waals surface area contributed by atoms with Crippen molar-refractivity contribution in [1.29, 1.82) is 0 Å². The van der Waals surface area contributed by atoms with Crippen molar-refractivity contribution in [2.75, 3.05) is 19.7 Å². The molecule has 0 aromatic carbocycles. The zero-order valence-electron chi connectivity index (χ0n) is 17.5. The van der Waals surface area contributed by atoms with Gasteiger partial charge in [0.1, 0.15) is 12.4 Å². The number of likely N-dealkylation sites (tertiary alicyclic amines) is 1. The van der Waals surface area contributed by atoms with Crippen LogP contribution in [0.5, 0.6) is 0 Å². The lowest BCUT2D eigenvalue weighted by Gasteiger charge is -2.40. The second kappa shape index (κ2) is 8.51. The summed E-state index contributed by atoms with van der Waals surface area (Å²) in [6.07, 6.45) is 9.54. The maximum absolute atomic E-state index is 13.0. The second-order valence-electron chi connectivity index (χ2n) is 9.18. The normalized spacial score (nSPS) is 22.5. The van der Waals surface area contributed by atoms with E-state index in [-0.39, 0.29) is 17.4 Å². The minimum absolute atomic E-state index is 0.0210. The summed E-state index contributed by atoms with van der Waals surface area (Å²) in [5.41, 5.74) is 0.0210. The number of amides is 1. The first-order valence-electron chi connectivity index (χ1n) is 11.3. The molecule has 0 bridgehead atoms. The molecule has 2 aromatic heterocycles. The van der Waals surface area contributed by atoms with Crippen LogP contribution < -0.4 is 5.32 Å². The van der Waals surface area contributed by atoms with E-state index < -0.39 is 0 Å². The molecule has 1 amide bonds. The number of nitrogens with zero attached hydrogens (tertiary/aromatic N) is 4. The van der Waals surface area contributed by atoms with Crippen molar-refractivity contribution in [3.63, 3.8) is 0 Å². The number of aromatic nitrogens is 3. The van der Waals surface area contributed by atoms with Crippen molar-refractivity contribution < 1.29 is 13.9 Å². The number of nitrogens with one attached hydrogen (secondary N) is 1. The molecule has 4 heterocycles. The van der Waals surface area contributed by atoms with Gasteiger partial charge in [-0.3, -0.25) is 9.69 Å². The van der Waals surface area contributed by atoms with Crippen LogP contribution in [0.2, 0.25) is 0 Å². The van der Waals surface area contributed by atoms with Gasteiger partial charge in [-0.15, -0.1) is 10.2 Å². The number of fused-ring (bicyclic) bond motifs is 1. The largest absolute Gasteiger partial charge is 0.468 e. The first-order chi connectivity index (χ1) is 14.7. The summed E-state index contributed by atoms with van der Waals surface area (Å²) < 4.78 is 13.5. The molecule has 1 saturated heterocycles. The van der Waals surface area contributed by atoms with E-state index in [9.17, 15) is 4.79 Å². The Hall–Kier alpha value is -2.19. The van der Waals surface area contributed by atoms with Crippen LogP contribution in [0.1, 0.15) is 67.1 Å². The standard InChI is InChI=1S/C22H31N5O3/c28-21(23-17-5-2-1-3-6-17)20-25-24-19-14-29-16-22(15-27(19)20)8-10-26(11-9-22)13-18-7-4-12-30-18/h4,7,12,17H,1-3,5-6,8-11,13-16H2,(H,23,28). The summed E-state index contributed by atoms with van der Waals surface area (Å²) >= 11 is 0. The van der Waals surface area contributed by atoms with Crippen LogP contribution in [0, 0.1) is 5.41 Å². The van der Waals surface area contributed by atoms with E-state index in [1.165, 1.54) is 19.3 Å². The molecule has 0 radical (unpaired) electrons. The number of hydrogen-bond acceptors (Lipinski definition) is 6. The van der Waals surface area contributed by atoms with Crippen LogP contribution in [0.3, 0.4) is 0 Å². The van der Waals surface area contributed by atoms with E-state index in [4.69, 9.17) is 9.15 Å². The number of furan rings is 1. The summed E-state index contributed by atoms with van der Waals surface area (Å²) in [5.74, 6) is 2.12. The lowest BCUT2D eigenvalue weighted by atomic mass is 9.79. The number of ether oxygens (including phenoxy) is 1. The Kier molecular flexibility index (Phi) is 5.60. The molecule has 30 heavy (non-hydrogen) atoms. The van der Waals surface area contributed by atoms with Gasteiger partial charge in [0.25, 0.3) is 5.91 Å². The van der Waals surface area contributed by atoms with Crippen LogP contribution in [-0.2, 0) is 24.4 Å². The number of carbonyl (C=O) groups is 1. The fourth-order valence-electron chi connectivity index (χ4n) is 5.12. The zero-order valence-corrected chi connectivity index (χ0v) is 17.5. The molecule has 2 fully saturated rings. The molecule has 1 aliphatic carbocycles. The molecule has 2 aliphatic heterocycles. The van der Waals surface area contributed by atoms with Crippen molar-refractivity contribution >= 4 is 5.91 Å². The van der Waals surface area contributed by atoms with Crippen molar-refractivity contribution in [2.45, 2.75) is 70.7 Å². The average molecular weight is 414 g/mol. The topological polar surface area (TPSA) is 85.4 Å². The Bertz CT molecular complexity index is 848. The Balaban J connectivity index is 1.26. The lowest BCUT2D eigenvalue weighted by Crippen LogP contribution is -2.44. The Morgan fingerprint density at radius 1 is 1.20 bits per heavy atom. The van der Waals surface area contributed by atoms with E-state index in [1.807, 2.05) is 16.7 Å². The van der Waals surface area contributed by atoms with Gasteiger partial charge in [0.15, 0.2) is 5.82 Å². The maximum atomic E-state index is 13.0. The molecule has 8 nitrogen and oxygen atoms in total. The summed E-state index contributed by atoms with van der Waals surface area (Å²) in [7, 11) is 0. The third-order valence-electron chi connectivity index (χ3n) is 6.98. The van der Waals surface area contributed by atoms with Gasteiger partial charge >= 0.3 is 0 Å². The van der Waals surface area contributed by atoms with E-state index in [0.717, 1.165) is 63.4 Å². The molecule has 2 aromatic rings. The highest BCUT2D eigenvalue weighted by atomic mass is 16.5. The smallest absolute Gasteiger partial charge is 0.289 e. The van der Waals surface area contributed by atoms with Crippen molar-refractivity contribution in [1.82, 2.24) is 25.0 Å². The van der Waals surface area contributed by atoms with E-state index in [0.29, 0.717) is 19.0 Å². The van der Waals surface area contributed by atoms with Crippen molar-refractivity contribution in [3.05, 3.63) is 35.8 Å². The zero-order chi connectivity index (χ0) is 20.4. The van der Waals surface area contributed by atoms with Gasteiger partial charge in [-0.05, 0) is 50.9 Å². The highest BCUT2D eigenvalue weighted by molar-refractivity contribution is 5.90. The van der Waals surface area contributed by atoms with Crippen LogP contribution >= 0.6 is 0 Å². The van der Waals surface area contributed by atoms with Gasteiger partial charge in [0.2, 0.25) is 5.82 Å². The van der Waals surface area contributed by atoms with Gasteiger partial charge < -0.3 is 19.0 Å². The van der Waals surface area contributed by atoms with Gasteiger partial charge in [-0.25, -0.2) is 0 Å². The minimum Gasteiger partial charge on any atom is -0.468 e. The Labute approximate surface area is 177 Å². The first-order valence-corrected chi connectivity index (χ1v) is 11.3. The fraction of sp³-hybridized carbons (Fsp3) is 0.682. The van der Waals surface area contributed by atoms with Crippen LogP contribution in [0.25, 0.3) is 0 Å². The fourth-order valence-corrected chi connectivity index (χ4v) is 5.12. The van der Waals surface area contributed by atoms with Crippen LogP contribution in [0.4, 0.5) is 0 Å². The molecule has 0 unspecified atom stereocenters. The summed E-state index contributed by atoms with van der Waals surface area (Å²) in [5, 5.41) is 11.7. The molecule has 8 heteroatoms. The molecule has 3 aliphatic rings. The molecular formula is C22H31N5O3. The van der Waals surface area contributed by atoms with Crippen molar-refractivity contribution in [3.8, 4) is 0 Å². The van der Waals surface area contributed by atoms with Gasteiger partial charge in [0.05, 0.1) is 19.4 Å². The second-order valence-corrected chi connectivity index (χ2v) is 9.18. The average Bonchev–Trinajstić information content (AvgIpc) is 3.37. The molecular weight excluding hydrogens is 382 g/mol. The SMILES string of the molecule is O=C(NC1CCCCC1)c1nnc2n1CC1(CCN(Cc3ccco3)CC1)COC2. The highest BCUT2D eigenvalue weighted by Gasteiger charge is 2.39. The molecule has 5 rings (SSSR count). The molecule has 1 N–H and O–H groups in total. The summed E-state index contributed by atoms with van der Waals surface area (Å²) in [4.78, 5) is 15.4. The highest BCUT2D eigenvalue weighted by Crippen LogP contribution is 2.37. The number of hydrogen-bond donors (Lipinski definition) is 1. The number of rotatable bonds is 4. The molecule has 1 saturated carbocycles. The molecule has 162 valence electrons. The predicted molar refractivity (Wildman–Crippen MR) is 110 cm³/mol. The predicted octanol–water partition coefficient (Wildman–Crippen LogP) is 2.75. The molecule has 1 spiro atoms. The van der Waals surface area contributed by atoms with Gasteiger partial charge in [0, 0.05) is 18.0 Å². The van der Waals surface area contributed by atoms with E-state index >= 15 is 0 Å². The van der Waals surface area contributed by atoms with Crippen molar-refractivity contribution in [2.24, 2.45) is 5.41 Å². The van der Waals surface area contributed by atoms with Crippen LogP contribution in [0.15, 0.2) is 22.8 Å². The Morgan fingerprint density at radius 3 is 2.80 bits per heavy atom. The van der Waals surface area contributed by atoms with Gasteiger partial charge in [-0.2, -0.15) is 0 Å². The third-order valence-corrected chi connectivity index (χ3v) is 6.98. The quantitative estimate of drug-likeness (QED) is 0.830. The maximum Gasteiger partial charge on any atom is 0.289 e. The number of carbonyl (C=O) groups excluding carboxylic acids is 1. The summed E-state index contributed by atoms with van der Waals surface area (Å²) in [6.45, 7) is 4.70. The monoisotopic (exact) mass is 413 g/mol. The number of piperidine rings is 1. The first kappa shape index (κ1) is 19.8. The third kappa shape index (κ3) is 4.16. The molecule has 0 atom stereocenters. The lowest BCUT2D eigenvalue weighted by molar-refractivity contribution is -0.00677. The Morgan fingerprint density at radius 2 is 2.03 bits per heavy atom. The van der Waals surface area contributed by atoms with Crippen LogP contribution in [-0.4, -0.2) is 51.3 Å². The van der Waals surface area contributed by atoms with E-state index in [2.05, 4.69) is 20.4 Å².